The molecular weight excluding hydrogens is 320 g/mol. The molecule has 1 heterocycles. The van der Waals surface area contributed by atoms with Crippen molar-refractivity contribution >= 4 is 35.7 Å². The Kier molecular flexibility index (Phi) is 8.39. The number of rotatable bonds is 7. The van der Waals surface area contributed by atoms with Crippen molar-refractivity contribution in [2.45, 2.75) is 6.42 Å². The predicted octanol–water partition coefficient (Wildman–Crippen LogP) is 1.20. The maximum absolute atomic E-state index is 11.8. The van der Waals surface area contributed by atoms with Crippen LogP contribution in [-0.2, 0) is 9.53 Å². The van der Waals surface area contributed by atoms with Gasteiger partial charge in [-0.3, -0.25) is 9.69 Å². The molecule has 0 bridgehead atoms. The van der Waals surface area contributed by atoms with Crippen LogP contribution in [0, 0.1) is 0 Å². The molecular formula is C15H23ClN4O3. The average Bonchev–Trinajstić information content (AvgIpc) is 2.52. The molecule has 0 unspecified atom stereocenters. The van der Waals surface area contributed by atoms with E-state index in [0.29, 0.717) is 31.9 Å². The van der Waals surface area contributed by atoms with E-state index >= 15 is 0 Å². The largest absolute Gasteiger partial charge is 0.383 e. The monoisotopic (exact) mass is 342 g/mol. The van der Waals surface area contributed by atoms with Crippen LogP contribution in [0.1, 0.15) is 6.42 Å². The fourth-order valence-corrected chi connectivity index (χ4v) is 2.21. The number of benzene rings is 1. The van der Waals surface area contributed by atoms with Crippen LogP contribution in [0.4, 0.5) is 16.2 Å². The van der Waals surface area contributed by atoms with Crippen molar-refractivity contribution in [2.75, 3.05) is 50.1 Å². The smallest absolute Gasteiger partial charge is 0.321 e. The first-order valence-corrected chi connectivity index (χ1v) is 7.35. The Morgan fingerprint density at radius 2 is 2.26 bits per heavy atom. The number of carbonyl (C=O) groups excluding carboxylic acids is 2. The number of amides is 3. The summed E-state index contributed by atoms with van der Waals surface area (Å²) in [5.41, 5.74) is 1.46. The highest BCUT2D eigenvalue weighted by Crippen LogP contribution is 2.21. The number of nitrogens with zero attached hydrogens (tertiary/aromatic N) is 1. The minimum absolute atomic E-state index is 0. The van der Waals surface area contributed by atoms with E-state index in [1.165, 1.54) is 0 Å². The molecule has 2 rings (SSSR count). The summed E-state index contributed by atoms with van der Waals surface area (Å²) in [6.45, 7) is 2.79. The molecule has 7 nitrogen and oxygen atoms in total. The highest BCUT2D eigenvalue weighted by Gasteiger charge is 2.19. The zero-order chi connectivity index (χ0) is 15.8. The van der Waals surface area contributed by atoms with Crippen LogP contribution < -0.4 is 20.9 Å². The van der Waals surface area contributed by atoms with Crippen molar-refractivity contribution < 1.29 is 14.3 Å². The van der Waals surface area contributed by atoms with Crippen LogP contribution in [-0.4, -0.2) is 51.8 Å². The number of methoxy groups -OCH3 is 1. The highest BCUT2D eigenvalue weighted by atomic mass is 35.5. The quantitative estimate of drug-likeness (QED) is 0.650. The molecule has 1 aromatic carbocycles. The van der Waals surface area contributed by atoms with E-state index in [9.17, 15) is 9.59 Å². The molecule has 128 valence electrons. The summed E-state index contributed by atoms with van der Waals surface area (Å²) in [5.74, 6) is -0.128. The van der Waals surface area contributed by atoms with Crippen LogP contribution in [0.2, 0.25) is 0 Å². The van der Waals surface area contributed by atoms with Crippen LogP contribution >= 0.6 is 12.4 Å². The van der Waals surface area contributed by atoms with E-state index in [1.54, 1.807) is 24.1 Å². The molecule has 0 aliphatic carbocycles. The third-order valence-electron chi connectivity index (χ3n) is 3.29. The van der Waals surface area contributed by atoms with E-state index in [1.807, 2.05) is 12.1 Å². The number of halogens is 1. The second kappa shape index (κ2) is 10.0. The Morgan fingerprint density at radius 1 is 1.43 bits per heavy atom. The number of hydrogen-bond donors (Lipinski definition) is 3. The fraction of sp³-hybridized carbons (Fsp3) is 0.467. The third kappa shape index (κ3) is 6.05. The topological polar surface area (TPSA) is 82.7 Å². The lowest BCUT2D eigenvalue weighted by molar-refractivity contribution is -0.115. The average molecular weight is 343 g/mol. The van der Waals surface area contributed by atoms with Gasteiger partial charge in [-0.05, 0) is 24.6 Å². The SMILES string of the molecule is COCCNCC(=O)Nc1cccc(N2CCCNC2=O)c1.Cl. The van der Waals surface area contributed by atoms with E-state index < -0.39 is 0 Å². The summed E-state index contributed by atoms with van der Waals surface area (Å²) < 4.78 is 4.90. The minimum atomic E-state index is -0.128. The van der Waals surface area contributed by atoms with Gasteiger partial charge in [0.2, 0.25) is 5.91 Å². The van der Waals surface area contributed by atoms with Gasteiger partial charge in [-0.25, -0.2) is 4.79 Å². The fourth-order valence-electron chi connectivity index (χ4n) is 2.21. The lowest BCUT2D eigenvalue weighted by Crippen LogP contribution is -2.46. The summed E-state index contributed by atoms with van der Waals surface area (Å²) in [6.07, 6.45) is 0.908. The van der Waals surface area contributed by atoms with Crippen molar-refractivity contribution in [3.63, 3.8) is 0 Å². The van der Waals surface area contributed by atoms with E-state index in [2.05, 4.69) is 16.0 Å². The lowest BCUT2D eigenvalue weighted by atomic mass is 10.2. The summed E-state index contributed by atoms with van der Waals surface area (Å²) >= 11 is 0. The van der Waals surface area contributed by atoms with E-state index in [-0.39, 0.29) is 30.9 Å². The van der Waals surface area contributed by atoms with Gasteiger partial charge in [0.05, 0.1) is 13.2 Å². The van der Waals surface area contributed by atoms with Gasteiger partial charge in [0, 0.05) is 38.1 Å². The minimum Gasteiger partial charge on any atom is -0.383 e. The van der Waals surface area contributed by atoms with Crippen molar-refractivity contribution in [1.82, 2.24) is 10.6 Å². The van der Waals surface area contributed by atoms with Crippen LogP contribution in [0.3, 0.4) is 0 Å². The summed E-state index contributed by atoms with van der Waals surface area (Å²) in [4.78, 5) is 25.3. The van der Waals surface area contributed by atoms with Gasteiger partial charge in [0.1, 0.15) is 0 Å². The van der Waals surface area contributed by atoms with Crippen LogP contribution in [0.5, 0.6) is 0 Å². The predicted molar refractivity (Wildman–Crippen MR) is 92.4 cm³/mol. The second-order valence-electron chi connectivity index (χ2n) is 5.01. The van der Waals surface area contributed by atoms with Gasteiger partial charge in [-0.2, -0.15) is 0 Å². The van der Waals surface area contributed by atoms with Crippen LogP contribution in [0.15, 0.2) is 24.3 Å². The summed E-state index contributed by atoms with van der Waals surface area (Å²) in [7, 11) is 1.62. The number of nitrogens with one attached hydrogen (secondary N) is 3. The lowest BCUT2D eigenvalue weighted by Gasteiger charge is -2.27. The Labute approximate surface area is 142 Å². The normalized spacial score (nSPS) is 14.0. The first kappa shape index (κ1) is 19.2. The van der Waals surface area contributed by atoms with Gasteiger partial charge in [-0.1, -0.05) is 6.07 Å². The van der Waals surface area contributed by atoms with E-state index in [0.717, 1.165) is 12.1 Å². The number of hydrogen-bond acceptors (Lipinski definition) is 4. The van der Waals surface area contributed by atoms with Crippen LogP contribution in [0.25, 0.3) is 0 Å². The van der Waals surface area contributed by atoms with Crippen molar-refractivity contribution in [3.8, 4) is 0 Å². The maximum Gasteiger partial charge on any atom is 0.321 e. The first-order valence-electron chi connectivity index (χ1n) is 7.35. The zero-order valence-corrected chi connectivity index (χ0v) is 13.9. The van der Waals surface area contributed by atoms with Gasteiger partial charge < -0.3 is 20.7 Å². The highest BCUT2D eigenvalue weighted by molar-refractivity contribution is 5.95. The molecule has 0 radical (unpaired) electrons. The molecule has 3 amide bonds. The van der Waals surface area contributed by atoms with Gasteiger partial charge in [-0.15, -0.1) is 12.4 Å². The number of carbonyl (C=O) groups is 2. The Morgan fingerprint density at radius 3 is 3.00 bits per heavy atom. The molecule has 0 spiro atoms. The molecule has 1 saturated heterocycles. The van der Waals surface area contributed by atoms with Crippen molar-refractivity contribution in [2.24, 2.45) is 0 Å². The molecule has 1 aromatic rings. The Balaban J connectivity index is 0.00000264. The standard InChI is InChI=1S/C15H22N4O3.ClH/c1-22-9-7-16-11-14(20)18-12-4-2-5-13(10-12)19-8-3-6-17-15(19)21;/h2,4-5,10,16H,3,6-9,11H2,1H3,(H,17,21)(H,18,20);1H. The molecule has 1 aliphatic heterocycles. The molecule has 3 N–H and O–H groups in total. The van der Waals surface area contributed by atoms with Gasteiger partial charge in [0.25, 0.3) is 0 Å². The van der Waals surface area contributed by atoms with Crippen molar-refractivity contribution in [3.05, 3.63) is 24.3 Å². The molecule has 0 atom stereocenters. The second-order valence-corrected chi connectivity index (χ2v) is 5.01. The van der Waals surface area contributed by atoms with Gasteiger partial charge >= 0.3 is 6.03 Å². The zero-order valence-electron chi connectivity index (χ0n) is 13.1. The Hall–Kier alpha value is -1.83. The Bertz CT molecular complexity index is 527. The maximum atomic E-state index is 11.8. The number of anilines is 2. The number of ether oxygens (including phenoxy) is 1. The molecule has 23 heavy (non-hydrogen) atoms. The first-order chi connectivity index (χ1) is 10.7. The molecule has 1 fully saturated rings. The molecule has 1 aliphatic rings. The molecule has 0 aromatic heterocycles. The summed E-state index contributed by atoms with van der Waals surface area (Å²) in [5, 5.41) is 8.60. The molecule has 8 heteroatoms. The third-order valence-corrected chi connectivity index (χ3v) is 3.29. The number of urea groups is 1. The van der Waals surface area contributed by atoms with Gasteiger partial charge in [0.15, 0.2) is 0 Å². The van der Waals surface area contributed by atoms with Crippen molar-refractivity contribution in [1.29, 1.82) is 0 Å². The van der Waals surface area contributed by atoms with E-state index in [4.69, 9.17) is 4.74 Å². The molecule has 0 saturated carbocycles. The summed E-state index contributed by atoms with van der Waals surface area (Å²) in [6, 6.07) is 7.19.